The van der Waals surface area contributed by atoms with Gasteiger partial charge < -0.3 is 5.32 Å². The number of nitrogens with two attached hydrogens (primary N) is 1. The van der Waals surface area contributed by atoms with E-state index >= 15 is 0 Å². The molecule has 0 amide bonds. The van der Waals surface area contributed by atoms with Crippen molar-refractivity contribution < 1.29 is 26.0 Å². The molecule has 0 radical (unpaired) electrons. The van der Waals surface area contributed by atoms with E-state index in [2.05, 4.69) is 5.32 Å². The van der Waals surface area contributed by atoms with Crippen LogP contribution in [0.3, 0.4) is 0 Å². The topological polar surface area (TPSA) is 72.2 Å². The molecule has 2 aromatic rings. The lowest BCUT2D eigenvalue weighted by molar-refractivity contribution is -0.139. The molecule has 1 unspecified atom stereocenters. The van der Waals surface area contributed by atoms with E-state index in [-0.39, 0.29) is 16.3 Å². The smallest absolute Gasteiger partial charge is 0.378 e. The number of sulfonamides is 1. The summed E-state index contributed by atoms with van der Waals surface area (Å²) in [5, 5.41) is 7.60. The van der Waals surface area contributed by atoms with Crippen molar-refractivity contribution in [3.63, 3.8) is 0 Å². The standard InChI is InChI=1S/C15H13ClF4N2O2S/c1-8(14-11(16)3-2-4-12(14)17)22-9-5-6-13(25(21,23)24)10(7-9)15(18,19)20/h2-8,22H,1H3,(H2,21,23,24). The predicted molar refractivity (Wildman–Crippen MR) is 86.3 cm³/mol. The SMILES string of the molecule is CC(Nc1ccc(S(N)(=O)=O)c(C(F)(F)F)c1)c1c(F)cccc1Cl. The number of primary sulfonamides is 1. The molecule has 0 heterocycles. The maximum absolute atomic E-state index is 13.9. The summed E-state index contributed by atoms with van der Waals surface area (Å²) in [7, 11) is -4.56. The van der Waals surface area contributed by atoms with Crippen LogP contribution in [0, 0.1) is 5.82 Å². The number of hydrogen-bond acceptors (Lipinski definition) is 3. The van der Waals surface area contributed by atoms with E-state index < -0.39 is 38.5 Å². The number of halogens is 5. The lowest BCUT2D eigenvalue weighted by Crippen LogP contribution is -2.19. The second kappa shape index (κ2) is 6.81. The number of nitrogens with one attached hydrogen (secondary N) is 1. The first-order valence-corrected chi connectivity index (χ1v) is 8.78. The Hall–Kier alpha value is -1.84. The first-order valence-electron chi connectivity index (χ1n) is 6.85. The Bertz CT molecular complexity index is 881. The third kappa shape index (κ3) is 4.42. The molecule has 10 heteroatoms. The summed E-state index contributed by atoms with van der Waals surface area (Å²) in [4.78, 5) is -1.04. The van der Waals surface area contributed by atoms with Crippen molar-refractivity contribution >= 4 is 27.3 Å². The van der Waals surface area contributed by atoms with Gasteiger partial charge in [0.05, 0.1) is 16.5 Å². The molecule has 0 aromatic heterocycles. The number of rotatable bonds is 4. The maximum atomic E-state index is 13.9. The summed E-state index contributed by atoms with van der Waals surface area (Å²) in [6.45, 7) is 1.51. The monoisotopic (exact) mass is 396 g/mol. The van der Waals surface area contributed by atoms with Crippen LogP contribution in [0.15, 0.2) is 41.3 Å². The van der Waals surface area contributed by atoms with Crippen molar-refractivity contribution in [2.24, 2.45) is 5.14 Å². The Morgan fingerprint density at radius 3 is 2.36 bits per heavy atom. The molecular formula is C15H13ClF4N2O2S. The largest absolute Gasteiger partial charge is 0.417 e. The molecule has 4 nitrogen and oxygen atoms in total. The molecule has 3 N–H and O–H groups in total. The second-order valence-corrected chi connectivity index (χ2v) is 7.19. The number of alkyl halides is 3. The fourth-order valence-corrected chi connectivity index (χ4v) is 3.40. The van der Waals surface area contributed by atoms with E-state index in [0.717, 1.165) is 12.1 Å². The molecule has 25 heavy (non-hydrogen) atoms. The van der Waals surface area contributed by atoms with Crippen LogP contribution in [-0.4, -0.2) is 8.42 Å². The zero-order valence-electron chi connectivity index (χ0n) is 12.7. The normalized spacial score (nSPS) is 13.6. The summed E-state index contributed by atoms with van der Waals surface area (Å²) in [6.07, 6.45) is -4.93. The number of hydrogen-bond donors (Lipinski definition) is 2. The summed E-state index contributed by atoms with van der Waals surface area (Å²) >= 11 is 5.92. The second-order valence-electron chi connectivity index (χ2n) is 5.26. The molecule has 1 atom stereocenters. The van der Waals surface area contributed by atoms with Crippen LogP contribution >= 0.6 is 11.6 Å². The van der Waals surface area contributed by atoms with Gasteiger partial charge in [-0.15, -0.1) is 0 Å². The Morgan fingerprint density at radius 1 is 1.20 bits per heavy atom. The number of benzene rings is 2. The van der Waals surface area contributed by atoms with Gasteiger partial charge >= 0.3 is 6.18 Å². The molecule has 0 spiro atoms. The third-order valence-electron chi connectivity index (χ3n) is 3.41. The van der Waals surface area contributed by atoms with Gasteiger partial charge in [-0.1, -0.05) is 17.7 Å². The highest BCUT2D eigenvalue weighted by Crippen LogP contribution is 2.36. The van der Waals surface area contributed by atoms with Gasteiger partial charge in [-0.3, -0.25) is 0 Å². The van der Waals surface area contributed by atoms with Gasteiger partial charge in [0.25, 0.3) is 0 Å². The van der Waals surface area contributed by atoms with E-state index in [4.69, 9.17) is 16.7 Å². The summed E-state index contributed by atoms with van der Waals surface area (Å²) in [6, 6.07) is 5.71. The maximum Gasteiger partial charge on any atom is 0.417 e. The van der Waals surface area contributed by atoms with Gasteiger partial charge in [-0.2, -0.15) is 13.2 Å². The van der Waals surface area contributed by atoms with Gasteiger partial charge in [0.1, 0.15) is 5.82 Å². The van der Waals surface area contributed by atoms with Gasteiger partial charge in [0.15, 0.2) is 0 Å². The van der Waals surface area contributed by atoms with Gasteiger partial charge in [-0.05, 0) is 37.3 Å². The fourth-order valence-electron chi connectivity index (χ4n) is 2.34. The molecular weight excluding hydrogens is 384 g/mol. The predicted octanol–water partition coefficient (Wildman–Crippen LogP) is 4.32. The first-order chi connectivity index (χ1) is 11.4. The zero-order chi connectivity index (χ0) is 19.0. The summed E-state index contributed by atoms with van der Waals surface area (Å²) < 4.78 is 75.9. The molecule has 0 saturated heterocycles. The molecule has 136 valence electrons. The van der Waals surface area contributed by atoms with E-state index in [1.54, 1.807) is 0 Å². The molecule has 0 aliphatic carbocycles. The molecule has 0 fully saturated rings. The van der Waals surface area contributed by atoms with Crippen molar-refractivity contribution in [1.29, 1.82) is 0 Å². The fraction of sp³-hybridized carbons (Fsp3) is 0.200. The number of anilines is 1. The average Bonchev–Trinajstić information content (AvgIpc) is 2.44. The van der Waals surface area contributed by atoms with Crippen molar-refractivity contribution in [3.8, 4) is 0 Å². The zero-order valence-corrected chi connectivity index (χ0v) is 14.3. The Morgan fingerprint density at radius 2 is 1.84 bits per heavy atom. The third-order valence-corrected chi connectivity index (χ3v) is 4.71. The summed E-state index contributed by atoms with van der Waals surface area (Å²) in [5.74, 6) is -0.621. The first kappa shape index (κ1) is 19.5. The average molecular weight is 397 g/mol. The van der Waals surface area contributed by atoms with Crippen molar-refractivity contribution in [2.75, 3.05) is 5.32 Å². The van der Waals surface area contributed by atoms with Crippen LogP contribution in [0.4, 0.5) is 23.2 Å². The minimum atomic E-state index is -4.93. The molecule has 0 aliphatic rings. The van der Waals surface area contributed by atoms with Crippen LogP contribution in [0.25, 0.3) is 0 Å². The molecule has 0 bridgehead atoms. The minimum absolute atomic E-state index is 0.0634. The highest BCUT2D eigenvalue weighted by Gasteiger charge is 2.36. The van der Waals surface area contributed by atoms with E-state index in [1.807, 2.05) is 0 Å². The highest BCUT2D eigenvalue weighted by atomic mass is 35.5. The molecule has 2 aromatic carbocycles. The van der Waals surface area contributed by atoms with Crippen molar-refractivity contribution in [3.05, 3.63) is 58.4 Å². The molecule has 0 aliphatic heterocycles. The Balaban J connectivity index is 2.45. The van der Waals surface area contributed by atoms with Gasteiger partial charge in [-0.25, -0.2) is 17.9 Å². The lowest BCUT2D eigenvalue weighted by Gasteiger charge is -2.19. The van der Waals surface area contributed by atoms with Gasteiger partial charge in [0, 0.05) is 16.3 Å². The van der Waals surface area contributed by atoms with E-state index in [0.29, 0.717) is 6.07 Å². The highest BCUT2D eigenvalue weighted by molar-refractivity contribution is 7.89. The van der Waals surface area contributed by atoms with Crippen LogP contribution < -0.4 is 10.5 Å². The Labute approximate surface area is 146 Å². The van der Waals surface area contributed by atoms with Gasteiger partial charge in [0.2, 0.25) is 10.0 Å². The molecule has 0 saturated carbocycles. The van der Waals surface area contributed by atoms with E-state index in [9.17, 15) is 26.0 Å². The summed E-state index contributed by atoms with van der Waals surface area (Å²) in [5.41, 5.74) is -1.40. The van der Waals surface area contributed by atoms with E-state index in [1.165, 1.54) is 25.1 Å². The van der Waals surface area contributed by atoms with Crippen LogP contribution in [0.1, 0.15) is 24.1 Å². The minimum Gasteiger partial charge on any atom is -0.378 e. The van der Waals surface area contributed by atoms with Crippen LogP contribution in [-0.2, 0) is 16.2 Å². The Kier molecular flexibility index (Phi) is 5.31. The lowest BCUT2D eigenvalue weighted by atomic mass is 10.1. The van der Waals surface area contributed by atoms with Crippen molar-refractivity contribution in [1.82, 2.24) is 0 Å². The molecule has 2 rings (SSSR count). The van der Waals surface area contributed by atoms with Crippen molar-refractivity contribution in [2.45, 2.75) is 24.0 Å². The van der Waals surface area contributed by atoms with Crippen LogP contribution in [0.5, 0.6) is 0 Å². The van der Waals surface area contributed by atoms with Crippen LogP contribution in [0.2, 0.25) is 5.02 Å². The quantitative estimate of drug-likeness (QED) is 0.756.